The Hall–Kier alpha value is -2.42. The molecule has 0 saturated carbocycles. The lowest BCUT2D eigenvalue weighted by molar-refractivity contribution is -0.490. The summed E-state index contributed by atoms with van der Waals surface area (Å²) < 4.78 is 17.1. The van der Waals surface area contributed by atoms with E-state index in [4.69, 9.17) is 14.1 Å². The third-order valence-electron chi connectivity index (χ3n) is 4.66. The molecule has 3 atom stereocenters. The Labute approximate surface area is 164 Å². The molecule has 0 radical (unpaired) electrons. The van der Waals surface area contributed by atoms with Gasteiger partial charge in [0.15, 0.2) is 0 Å². The van der Waals surface area contributed by atoms with Gasteiger partial charge in [0.2, 0.25) is 6.54 Å². The highest BCUT2D eigenvalue weighted by Gasteiger charge is 2.38. The highest BCUT2D eigenvalue weighted by Crippen LogP contribution is 2.26. The molecule has 3 rings (SSSR count). The fourth-order valence-electron chi connectivity index (χ4n) is 3.34. The maximum Gasteiger partial charge on any atom is 0.492 e. The van der Waals surface area contributed by atoms with Crippen molar-refractivity contribution in [3.8, 4) is 5.75 Å². The Morgan fingerprint density at radius 2 is 1.96 bits per heavy atom. The van der Waals surface area contributed by atoms with Crippen LogP contribution in [0.25, 0.3) is 0 Å². The van der Waals surface area contributed by atoms with Gasteiger partial charge in [0, 0.05) is 11.3 Å². The Balaban J connectivity index is 1.53. The second-order valence-corrected chi connectivity index (χ2v) is 7.05. The van der Waals surface area contributed by atoms with Crippen molar-refractivity contribution in [2.24, 2.45) is 0 Å². The van der Waals surface area contributed by atoms with Crippen LogP contribution in [0.1, 0.15) is 37.5 Å². The zero-order chi connectivity index (χ0) is 20.1. The lowest BCUT2D eigenvalue weighted by Crippen LogP contribution is -2.28. The normalized spacial score (nSPS) is 17.8. The molecule has 0 aromatic heterocycles. The molecule has 1 aliphatic rings. The van der Waals surface area contributed by atoms with E-state index in [1.54, 1.807) is 18.2 Å². The van der Waals surface area contributed by atoms with E-state index in [0.29, 0.717) is 29.8 Å². The van der Waals surface area contributed by atoms with Crippen molar-refractivity contribution in [2.75, 3.05) is 6.54 Å². The first-order valence-corrected chi connectivity index (χ1v) is 9.33. The van der Waals surface area contributed by atoms with Crippen LogP contribution in [0.15, 0.2) is 48.5 Å². The number of nitro groups is 1. The van der Waals surface area contributed by atoms with Gasteiger partial charge in [-0.15, -0.1) is 0 Å². The number of hydrogen-bond acceptors (Lipinski definition) is 6. The van der Waals surface area contributed by atoms with Crippen molar-refractivity contribution in [3.63, 3.8) is 0 Å². The van der Waals surface area contributed by atoms with Gasteiger partial charge in [0.25, 0.3) is 0 Å². The third kappa shape index (κ3) is 5.31. The quantitative estimate of drug-likeness (QED) is 0.405. The van der Waals surface area contributed by atoms with Crippen LogP contribution < -0.4 is 10.2 Å². The van der Waals surface area contributed by atoms with Crippen LogP contribution in [-0.4, -0.2) is 35.8 Å². The van der Waals surface area contributed by atoms with E-state index in [1.165, 1.54) is 0 Å². The summed E-state index contributed by atoms with van der Waals surface area (Å²) in [6.07, 6.45) is -0.119. The minimum Gasteiger partial charge on any atom is -0.491 e. The largest absolute Gasteiger partial charge is 0.492 e. The summed E-state index contributed by atoms with van der Waals surface area (Å²) >= 11 is 0. The predicted octanol–water partition coefficient (Wildman–Crippen LogP) is 2.48. The predicted molar refractivity (Wildman–Crippen MR) is 105 cm³/mol. The third-order valence-corrected chi connectivity index (χ3v) is 4.66. The summed E-state index contributed by atoms with van der Waals surface area (Å²) in [5, 5.41) is 20.8. The summed E-state index contributed by atoms with van der Waals surface area (Å²) in [5.41, 5.74) is 2.27. The topological polar surface area (TPSA) is 91.1 Å². The zero-order valence-electron chi connectivity index (χ0n) is 16.0. The van der Waals surface area contributed by atoms with E-state index in [2.05, 4.69) is 0 Å². The van der Waals surface area contributed by atoms with Crippen LogP contribution in [0.2, 0.25) is 0 Å². The fourth-order valence-corrected chi connectivity index (χ4v) is 3.34. The molecule has 0 spiro atoms. The maximum absolute atomic E-state index is 10.7. The van der Waals surface area contributed by atoms with Crippen molar-refractivity contribution in [3.05, 3.63) is 69.8 Å². The molecule has 0 saturated heterocycles. The van der Waals surface area contributed by atoms with Gasteiger partial charge in [-0.1, -0.05) is 36.4 Å². The SMILES string of the molecule is CC(CC(C)Oc1ccc2c(c1)B(O)OC2C[N+](=O)[O-])OCc1ccccc1. The molecule has 0 amide bonds. The zero-order valence-corrected chi connectivity index (χ0v) is 16.0. The summed E-state index contributed by atoms with van der Waals surface area (Å²) in [6, 6.07) is 15.1. The minimum atomic E-state index is -1.17. The number of fused-ring (bicyclic) bond motifs is 1. The first kappa shape index (κ1) is 20.3. The van der Waals surface area contributed by atoms with Crippen molar-refractivity contribution in [2.45, 2.75) is 45.2 Å². The fraction of sp³-hybridized carbons (Fsp3) is 0.400. The smallest absolute Gasteiger partial charge is 0.491 e. The molecular weight excluding hydrogens is 361 g/mol. The van der Waals surface area contributed by atoms with Gasteiger partial charge in [-0.05, 0) is 42.6 Å². The molecule has 0 fully saturated rings. The van der Waals surface area contributed by atoms with Crippen LogP contribution in [0.3, 0.4) is 0 Å². The van der Waals surface area contributed by atoms with Gasteiger partial charge in [-0.3, -0.25) is 10.1 Å². The van der Waals surface area contributed by atoms with Crippen LogP contribution in [0.5, 0.6) is 5.75 Å². The monoisotopic (exact) mass is 385 g/mol. The average molecular weight is 385 g/mol. The van der Waals surface area contributed by atoms with Gasteiger partial charge < -0.3 is 19.2 Å². The Bertz CT molecular complexity index is 803. The molecule has 0 bridgehead atoms. The Morgan fingerprint density at radius 3 is 2.68 bits per heavy atom. The molecule has 0 aliphatic carbocycles. The highest BCUT2D eigenvalue weighted by atomic mass is 16.6. The number of hydrogen-bond donors (Lipinski definition) is 1. The first-order valence-electron chi connectivity index (χ1n) is 9.33. The number of benzene rings is 2. The molecule has 1 heterocycles. The highest BCUT2D eigenvalue weighted by molar-refractivity contribution is 6.61. The number of rotatable bonds is 9. The van der Waals surface area contributed by atoms with Crippen molar-refractivity contribution >= 4 is 12.6 Å². The van der Waals surface area contributed by atoms with E-state index in [9.17, 15) is 15.1 Å². The lowest BCUT2D eigenvalue weighted by Gasteiger charge is -2.20. The average Bonchev–Trinajstić information content (AvgIpc) is 2.95. The van der Waals surface area contributed by atoms with Gasteiger partial charge in [-0.25, -0.2) is 0 Å². The lowest BCUT2D eigenvalue weighted by atomic mass is 9.79. The minimum absolute atomic E-state index is 0.0167. The summed E-state index contributed by atoms with van der Waals surface area (Å²) in [5.74, 6) is 0.589. The summed E-state index contributed by atoms with van der Waals surface area (Å²) in [4.78, 5) is 10.3. The van der Waals surface area contributed by atoms with E-state index in [0.717, 1.165) is 5.56 Å². The summed E-state index contributed by atoms with van der Waals surface area (Å²) in [6.45, 7) is 4.13. The van der Waals surface area contributed by atoms with E-state index in [1.807, 2.05) is 44.2 Å². The molecule has 28 heavy (non-hydrogen) atoms. The molecule has 8 heteroatoms. The maximum atomic E-state index is 10.7. The molecule has 1 aliphatic heterocycles. The number of nitrogens with zero attached hydrogens (tertiary/aromatic N) is 1. The molecule has 7 nitrogen and oxygen atoms in total. The van der Waals surface area contributed by atoms with Gasteiger partial charge in [0.1, 0.15) is 11.9 Å². The molecule has 2 aromatic rings. The van der Waals surface area contributed by atoms with Crippen molar-refractivity contribution in [1.82, 2.24) is 0 Å². The molecule has 148 valence electrons. The van der Waals surface area contributed by atoms with Crippen molar-refractivity contribution in [1.29, 1.82) is 0 Å². The first-order chi connectivity index (χ1) is 13.4. The molecular formula is C20H24BNO6. The Morgan fingerprint density at radius 1 is 1.21 bits per heavy atom. The van der Waals surface area contributed by atoms with E-state index < -0.39 is 18.1 Å². The van der Waals surface area contributed by atoms with Gasteiger partial charge >= 0.3 is 7.12 Å². The molecule has 2 aromatic carbocycles. The van der Waals surface area contributed by atoms with Crippen LogP contribution >= 0.6 is 0 Å². The standard InChI is InChI=1S/C20H24BNO6/c1-14(26-13-16-6-4-3-5-7-16)10-15(2)27-17-8-9-18-19(11-17)21(23)28-20(18)12-22(24)25/h3-9,11,14-15,20,23H,10,12-13H2,1-2H3. The van der Waals surface area contributed by atoms with E-state index in [-0.39, 0.29) is 18.8 Å². The molecule has 1 N–H and O–H groups in total. The van der Waals surface area contributed by atoms with Gasteiger partial charge in [0.05, 0.1) is 18.8 Å². The van der Waals surface area contributed by atoms with Crippen LogP contribution in [-0.2, 0) is 16.0 Å². The number of ether oxygens (including phenoxy) is 2. The second-order valence-electron chi connectivity index (χ2n) is 7.05. The second kappa shape index (κ2) is 9.19. The van der Waals surface area contributed by atoms with Crippen molar-refractivity contribution < 1.29 is 24.1 Å². The van der Waals surface area contributed by atoms with Crippen LogP contribution in [0.4, 0.5) is 0 Å². The van der Waals surface area contributed by atoms with Crippen LogP contribution in [0, 0.1) is 10.1 Å². The van der Waals surface area contributed by atoms with Gasteiger partial charge in [-0.2, -0.15) is 0 Å². The Kier molecular flexibility index (Phi) is 6.67. The molecule has 3 unspecified atom stereocenters. The van der Waals surface area contributed by atoms with E-state index >= 15 is 0 Å². The summed E-state index contributed by atoms with van der Waals surface area (Å²) in [7, 11) is -1.17.